The summed E-state index contributed by atoms with van der Waals surface area (Å²) in [5.41, 5.74) is 2.81. The van der Waals surface area contributed by atoms with Crippen molar-refractivity contribution >= 4 is 21.6 Å². The van der Waals surface area contributed by atoms with Gasteiger partial charge in [-0.1, -0.05) is 6.07 Å². The highest BCUT2D eigenvalue weighted by Gasteiger charge is 2.18. The van der Waals surface area contributed by atoms with Gasteiger partial charge in [0.15, 0.2) is 0 Å². The topological polar surface area (TPSA) is 69.7 Å². The van der Waals surface area contributed by atoms with E-state index in [1.807, 2.05) is 45.0 Å². The molecule has 136 valence electrons. The van der Waals surface area contributed by atoms with Crippen molar-refractivity contribution in [3.05, 3.63) is 29.3 Å². The molecule has 0 radical (unpaired) electrons. The van der Waals surface area contributed by atoms with Crippen LogP contribution in [0.2, 0.25) is 0 Å². The highest BCUT2D eigenvalue weighted by molar-refractivity contribution is 7.92. The number of hydrogen-bond donors (Lipinski definition) is 1. The zero-order chi connectivity index (χ0) is 18.3. The molecule has 1 rings (SSSR count). The van der Waals surface area contributed by atoms with Crippen molar-refractivity contribution in [3.63, 3.8) is 0 Å². The Bertz CT molecular complexity index is 657. The van der Waals surface area contributed by atoms with Crippen LogP contribution < -0.4 is 9.62 Å². The lowest BCUT2D eigenvalue weighted by molar-refractivity contribution is -0.121. The number of aryl methyl sites for hydroxylation is 2. The fraction of sp³-hybridized carbons (Fsp3) is 0.588. The van der Waals surface area contributed by atoms with Crippen LogP contribution in [-0.2, 0) is 14.8 Å². The first-order valence-corrected chi connectivity index (χ1v) is 9.92. The van der Waals surface area contributed by atoms with Crippen LogP contribution >= 0.6 is 0 Å². The van der Waals surface area contributed by atoms with Gasteiger partial charge in [0.1, 0.15) is 0 Å². The van der Waals surface area contributed by atoms with Gasteiger partial charge in [0.25, 0.3) is 0 Å². The summed E-state index contributed by atoms with van der Waals surface area (Å²) in [6.45, 7) is 5.62. The normalized spacial score (nSPS) is 11.6. The van der Waals surface area contributed by atoms with Crippen molar-refractivity contribution in [2.75, 3.05) is 44.3 Å². The third-order valence-electron chi connectivity index (χ3n) is 3.83. The molecule has 0 saturated carbocycles. The average Bonchev–Trinajstić information content (AvgIpc) is 2.45. The largest absolute Gasteiger partial charge is 0.355 e. The molecule has 0 fully saturated rings. The summed E-state index contributed by atoms with van der Waals surface area (Å²) in [6.07, 6.45) is 1.98. The summed E-state index contributed by atoms with van der Waals surface area (Å²) >= 11 is 0. The fourth-order valence-corrected chi connectivity index (χ4v) is 3.21. The van der Waals surface area contributed by atoms with Gasteiger partial charge in [0.2, 0.25) is 15.9 Å². The average molecular weight is 356 g/mol. The molecule has 0 saturated heterocycles. The molecule has 0 aromatic heterocycles. The summed E-state index contributed by atoms with van der Waals surface area (Å²) in [4.78, 5) is 13.8. The van der Waals surface area contributed by atoms with Gasteiger partial charge >= 0.3 is 0 Å². The van der Waals surface area contributed by atoms with Crippen LogP contribution in [0.4, 0.5) is 5.69 Å². The summed E-state index contributed by atoms with van der Waals surface area (Å²) in [7, 11) is 0.510. The third kappa shape index (κ3) is 6.88. The molecule has 0 aliphatic rings. The van der Waals surface area contributed by atoms with Crippen LogP contribution in [0.15, 0.2) is 18.2 Å². The van der Waals surface area contributed by atoms with Crippen molar-refractivity contribution in [2.24, 2.45) is 0 Å². The number of carbonyl (C=O) groups excluding carboxylic acids is 1. The van der Waals surface area contributed by atoms with Gasteiger partial charge in [-0.3, -0.25) is 9.10 Å². The van der Waals surface area contributed by atoms with Crippen LogP contribution in [0.1, 0.15) is 24.0 Å². The zero-order valence-corrected chi connectivity index (χ0v) is 16.1. The molecule has 0 aliphatic heterocycles. The number of nitrogens with one attached hydrogen (secondary N) is 1. The number of likely N-dealkylation sites (N-methyl/N-ethyl adjacent to an activating group) is 1. The summed E-state index contributed by atoms with van der Waals surface area (Å²) in [5, 5.41) is 2.83. The molecule has 0 aliphatic carbocycles. The molecule has 0 atom stereocenters. The van der Waals surface area contributed by atoms with E-state index in [-0.39, 0.29) is 5.91 Å². The van der Waals surface area contributed by atoms with Crippen LogP contribution in [0.25, 0.3) is 0 Å². The molecule has 0 bridgehead atoms. The lowest BCUT2D eigenvalue weighted by Crippen LogP contribution is -2.33. The lowest BCUT2D eigenvalue weighted by atomic mass is 10.1. The number of benzene rings is 1. The SMILES string of the molecule is Cc1ccc(N(CCCC(=O)NCCN(C)C)S(C)(=O)=O)cc1C. The van der Waals surface area contributed by atoms with Gasteiger partial charge in [0.05, 0.1) is 11.9 Å². The van der Waals surface area contributed by atoms with Gasteiger partial charge < -0.3 is 10.2 Å². The lowest BCUT2D eigenvalue weighted by Gasteiger charge is -2.23. The van der Waals surface area contributed by atoms with Crippen molar-refractivity contribution in [3.8, 4) is 0 Å². The first-order valence-electron chi connectivity index (χ1n) is 8.07. The Hall–Kier alpha value is -1.60. The summed E-state index contributed by atoms with van der Waals surface area (Å²) in [5.74, 6) is -0.0506. The number of nitrogens with zero attached hydrogens (tertiary/aromatic N) is 2. The minimum atomic E-state index is -3.38. The van der Waals surface area contributed by atoms with Gasteiger partial charge in [-0.05, 0) is 57.6 Å². The summed E-state index contributed by atoms with van der Waals surface area (Å²) in [6, 6.07) is 5.59. The molecule has 0 heterocycles. The highest BCUT2D eigenvalue weighted by atomic mass is 32.2. The minimum absolute atomic E-state index is 0.0506. The van der Waals surface area contributed by atoms with Gasteiger partial charge in [0, 0.05) is 26.1 Å². The first kappa shape index (κ1) is 20.4. The van der Waals surface area contributed by atoms with Crippen molar-refractivity contribution in [2.45, 2.75) is 26.7 Å². The second kappa shape index (κ2) is 9.03. The number of hydrogen-bond acceptors (Lipinski definition) is 4. The standard InChI is InChI=1S/C17H29N3O3S/c1-14-8-9-16(13-15(14)2)20(24(5,22)23)11-6-7-17(21)18-10-12-19(3)4/h8-9,13H,6-7,10-12H2,1-5H3,(H,18,21). The maximum Gasteiger partial charge on any atom is 0.232 e. The molecule has 1 aromatic rings. The van der Waals surface area contributed by atoms with E-state index in [9.17, 15) is 13.2 Å². The van der Waals surface area contributed by atoms with E-state index in [0.717, 1.165) is 17.7 Å². The number of rotatable bonds is 9. The first-order chi connectivity index (χ1) is 11.1. The van der Waals surface area contributed by atoms with E-state index in [0.29, 0.717) is 31.6 Å². The van der Waals surface area contributed by atoms with Crippen LogP contribution in [0.5, 0.6) is 0 Å². The highest BCUT2D eigenvalue weighted by Crippen LogP contribution is 2.21. The predicted molar refractivity (Wildman–Crippen MR) is 98.9 cm³/mol. The maximum atomic E-state index is 12.1. The molecule has 7 heteroatoms. The van der Waals surface area contributed by atoms with Crippen LogP contribution in [0, 0.1) is 13.8 Å². The molecular weight excluding hydrogens is 326 g/mol. The predicted octanol–water partition coefficient (Wildman–Crippen LogP) is 1.53. The van der Waals surface area contributed by atoms with E-state index in [2.05, 4.69) is 5.32 Å². The smallest absolute Gasteiger partial charge is 0.232 e. The molecule has 1 amide bonds. The molecule has 1 aromatic carbocycles. The summed E-state index contributed by atoms with van der Waals surface area (Å²) < 4.78 is 25.5. The Morgan fingerprint density at radius 1 is 1.12 bits per heavy atom. The number of anilines is 1. The van der Waals surface area contributed by atoms with E-state index in [4.69, 9.17) is 0 Å². The minimum Gasteiger partial charge on any atom is -0.355 e. The molecule has 1 N–H and O–H groups in total. The second-order valence-electron chi connectivity index (χ2n) is 6.36. The Balaban J connectivity index is 2.62. The van der Waals surface area contributed by atoms with Gasteiger partial charge in [-0.15, -0.1) is 0 Å². The van der Waals surface area contributed by atoms with Crippen LogP contribution in [-0.4, -0.2) is 59.2 Å². The molecule has 6 nitrogen and oxygen atoms in total. The zero-order valence-electron chi connectivity index (χ0n) is 15.3. The fourth-order valence-electron chi connectivity index (χ4n) is 2.26. The Morgan fingerprint density at radius 2 is 1.79 bits per heavy atom. The van der Waals surface area contributed by atoms with E-state index in [1.54, 1.807) is 6.07 Å². The van der Waals surface area contributed by atoms with E-state index < -0.39 is 10.0 Å². The Labute approximate surface area is 145 Å². The molecule has 0 unspecified atom stereocenters. The Kier molecular flexibility index (Phi) is 7.69. The van der Waals surface area contributed by atoms with E-state index >= 15 is 0 Å². The van der Waals surface area contributed by atoms with Crippen molar-refractivity contribution in [1.29, 1.82) is 0 Å². The molecule has 24 heavy (non-hydrogen) atoms. The quantitative estimate of drug-likeness (QED) is 0.729. The third-order valence-corrected chi connectivity index (χ3v) is 5.02. The molecule has 0 spiro atoms. The van der Waals surface area contributed by atoms with Crippen molar-refractivity contribution in [1.82, 2.24) is 10.2 Å². The van der Waals surface area contributed by atoms with Crippen molar-refractivity contribution < 1.29 is 13.2 Å². The van der Waals surface area contributed by atoms with Crippen LogP contribution in [0.3, 0.4) is 0 Å². The monoisotopic (exact) mass is 355 g/mol. The van der Waals surface area contributed by atoms with Gasteiger partial charge in [-0.25, -0.2) is 8.42 Å². The number of amides is 1. The number of sulfonamides is 1. The van der Waals surface area contributed by atoms with E-state index in [1.165, 1.54) is 10.6 Å². The Morgan fingerprint density at radius 3 is 2.33 bits per heavy atom. The molecular formula is C17H29N3O3S. The maximum absolute atomic E-state index is 12.1. The second-order valence-corrected chi connectivity index (χ2v) is 8.27. The van der Waals surface area contributed by atoms with Gasteiger partial charge in [-0.2, -0.15) is 0 Å². The number of carbonyl (C=O) groups is 1.